The van der Waals surface area contributed by atoms with Gasteiger partial charge in [0.25, 0.3) is 0 Å². The number of hydrogen-bond acceptors (Lipinski definition) is 3. The molecule has 2 aliphatic rings. The number of fused-ring (bicyclic) bond motifs is 3. The Bertz CT molecular complexity index is 2040. The largest absolute Gasteiger partial charge is 0.310 e. The summed E-state index contributed by atoms with van der Waals surface area (Å²) in [6.07, 6.45) is 8.87. The number of allylic oxidation sites excluding steroid dienone is 4. The lowest BCUT2D eigenvalue weighted by molar-refractivity contribution is 0.727. The van der Waals surface area contributed by atoms with E-state index in [0.29, 0.717) is 0 Å². The monoisotopic (exact) mass is 568 g/mol. The average Bonchev–Trinajstić information content (AvgIpc) is 3.66. The minimum atomic E-state index is -0.517. The van der Waals surface area contributed by atoms with Gasteiger partial charge in [0.05, 0.1) is 16.8 Å². The highest BCUT2D eigenvalue weighted by Gasteiger charge is 2.49. The summed E-state index contributed by atoms with van der Waals surface area (Å²) in [7, 11) is 0. The maximum absolute atomic E-state index is 5.05. The van der Waals surface area contributed by atoms with Crippen LogP contribution in [-0.2, 0) is 5.41 Å². The van der Waals surface area contributed by atoms with Gasteiger partial charge < -0.3 is 4.90 Å². The standard InChI is InChI=1S/C40H32N4/c1-28-25-38(43-42-28)29-13-11-17-32(26-29)44(31-15-3-2-4-16-31)33-18-12-14-30(27-33)40(39-23-9-10-24-41-39)36-21-7-5-19-34(36)35-20-6-8-22-37(35)40/h2-5,7,9-27H,6,8H2,1H3,(H,42,43)/t40-/m1/s1. The molecule has 212 valence electrons. The van der Waals surface area contributed by atoms with Crippen LogP contribution in [0.15, 0.2) is 151 Å². The third kappa shape index (κ3) is 4.14. The van der Waals surface area contributed by atoms with Gasteiger partial charge in [-0.1, -0.05) is 84.9 Å². The van der Waals surface area contributed by atoms with Crippen LogP contribution < -0.4 is 4.90 Å². The molecule has 0 saturated heterocycles. The highest BCUT2D eigenvalue weighted by atomic mass is 15.1. The van der Waals surface area contributed by atoms with Crippen molar-refractivity contribution in [2.75, 3.05) is 4.90 Å². The van der Waals surface area contributed by atoms with Crippen molar-refractivity contribution in [2.45, 2.75) is 25.2 Å². The summed E-state index contributed by atoms with van der Waals surface area (Å²) in [6.45, 7) is 2.03. The first kappa shape index (κ1) is 26.2. The van der Waals surface area contributed by atoms with Crippen LogP contribution in [-0.4, -0.2) is 15.2 Å². The van der Waals surface area contributed by atoms with E-state index in [0.717, 1.165) is 52.5 Å². The number of anilines is 3. The zero-order valence-electron chi connectivity index (χ0n) is 24.6. The smallest absolute Gasteiger partial charge is 0.0924 e. The van der Waals surface area contributed by atoms with E-state index in [-0.39, 0.29) is 0 Å². The maximum Gasteiger partial charge on any atom is 0.0924 e. The predicted octanol–water partition coefficient (Wildman–Crippen LogP) is 9.70. The predicted molar refractivity (Wildman–Crippen MR) is 179 cm³/mol. The fraction of sp³-hybridized carbons (Fsp3) is 0.100. The van der Waals surface area contributed by atoms with E-state index in [9.17, 15) is 0 Å². The van der Waals surface area contributed by atoms with Crippen LogP contribution >= 0.6 is 0 Å². The number of nitrogens with one attached hydrogen (secondary N) is 1. The molecule has 2 aliphatic carbocycles. The molecule has 2 aromatic heterocycles. The number of hydrogen-bond donors (Lipinski definition) is 1. The molecule has 0 saturated carbocycles. The number of aromatic amines is 1. The number of H-pyrrole nitrogens is 1. The lowest BCUT2D eigenvalue weighted by atomic mass is 9.68. The minimum absolute atomic E-state index is 0.517. The highest BCUT2D eigenvalue weighted by molar-refractivity contribution is 5.94. The van der Waals surface area contributed by atoms with Crippen molar-refractivity contribution in [3.8, 4) is 11.3 Å². The summed E-state index contributed by atoms with van der Waals surface area (Å²) >= 11 is 0. The van der Waals surface area contributed by atoms with Crippen LogP contribution in [0.5, 0.6) is 0 Å². The fourth-order valence-corrected chi connectivity index (χ4v) is 7.07. The van der Waals surface area contributed by atoms with E-state index in [1.54, 1.807) is 0 Å². The summed E-state index contributed by atoms with van der Waals surface area (Å²) in [5.74, 6) is 0. The highest BCUT2D eigenvalue weighted by Crippen LogP contribution is 2.58. The molecule has 4 heteroatoms. The van der Waals surface area contributed by atoms with Crippen molar-refractivity contribution < 1.29 is 0 Å². The molecule has 4 aromatic carbocycles. The number of para-hydroxylation sites is 1. The van der Waals surface area contributed by atoms with Crippen LogP contribution in [0.1, 0.15) is 40.9 Å². The summed E-state index contributed by atoms with van der Waals surface area (Å²) in [5, 5.41) is 7.63. The molecule has 2 heterocycles. The Morgan fingerprint density at radius 1 is 0.682 bits per heavy atom. The molecule has 0 aliphatic heterocycles. The van der Waals surface area contributed by atoms with Gasteiger partial charge in [-0.3, -0.25) is 10.1 Å². The van der Waals surface area contributed by atoms with Crippen molar-refractivity contribution >= 4 is 22.6 Å². The van der Waals surface area contributed by atoms with E-state index in [1.165, 1.54) is 27.8 Å². The first-order chi connectivity index (χ1) is 21.7. The van der Waals surface area contributed by atoms with Crippen molar-refractivity contribution in [2.24, 2.45) is 0 Å². The van der Waals surface area contributed by atoms with E-state index in [4.69, 9.17) is 4.98 Å². The fourth-order valence-electron chi connectivity index (χ4n) is 7.07. The average molecular weight is 569 g/mol. The van der Waals surface area contributed by atoms with Gasteiger partial charge in [-0.05, 0) is 102 Å². The van der Waals surface area contributed by atoms with E-state index >= 15 is 0 Å². The van der Waals surface area contributed by atoms with Crippen LogP contribution in [0.2, 0.25) is 0 Å². The number of rotatable bonds is 6. The quantitative estimate of drug-likeness (QED) is 0.218. The Morgan fingerprint density at radius 3 is 2.25 bits per heavy atom. The van der Waals surface area contributed by atoms with Crippen molar-refractivity contribution in [1.29, 1.82) is 0 Å². The minimum Gasteiger partial charge on any atom is -0.310 e. The second-order valence-corrected chi connectivity index (χ2v) is 11.5. The van der Waals surface area contributed by atoms with Crippen molar-refractivity contribution in [3.63, 3.8) is 0 Å². The molecule has 1 N–H and O–H groups in total. The summed E-state index contributed by atoms with van der Waals surface area (Å²) < 4.78 is 0. The van der Waals surface area contributed by atoms with Crippen LogP contribution in [0.3, 0.4) is 0 Å². The zero-order valence-corrected chi connectivity index (χ0v) is 24.6. The van der Waals surface area contributed by atoms with Gasteiger partial charge in [0, 0.05) is 34.5 Å². The molecule has 0 bridgehead atoms. The molecule has 6 aromatic rings. The van der Waals surface area contributed by atoms with Gasteiger partial charge in [0.1, 0.15) is 0 Å². The SMILES string of the molecule is Cc1cc(-c2cccc(N(c3ccccc3)c3cccc([C@]4(c5ccccn5)C5=CCCC=C5c5ccccc54)c3)c2)n[nH]1. The van der Waals surface area contributed by atoms with Gasteiger partial charge in [-0.15, -0.1) is 0 Å². The summed E-state index contributed by atoms with van der Waals surface area (Å²) in [6, 6.07) is 45.5. The van der Waals surface area contributed by atoms with Crippen molar-refractivity contribution in [1.82, 2.24) is 15.2 Å². The molecular weight excluding hydrogens is 536 g/mol. The number of nitrogens with zero attached hydrogens (tertiary/aromatic N) is 3. The Balaban J connectivity index is 1.36. The second kappa shape index (κ2) is 10.7. The zero-order chi connectivity index (χ0) is 29.5. The third-order valence-corrected chi connectivity index (χ3v) is 8.89. The van der Waals surface area contributed by atoms with Crippen molar-refractivity contribution in [3.05, 3.63) is 179 Å². The van der Waals surface area contributed by atoms with Crippen LogP contribution in [0.4, 0.5) is 17.1 Å². The van der Waals surface area contributed by atoms with E-state index in [2.05, 4.69) is 149 Å². The molecule has 0 radical (unpaired) electrons. The molecule has 0 unspecified atom stereocenters. The van der Waals surface area contributed by atoms with E-state index < -0.39 is 5.41 Å². The van der Waals surface area contributed by atoms with Gasteiger partial charge in [-0.2, -0.15) is 5.10 Å². The molecule has 4 nitrogen and oxygen atoms in total. The number of aromatic nitrogens is 3. The number of pyridine rings is 1. The molecule has 0 amide bonds. The normalized spacial score (nSPS) is 16.9. The molecule has 0 fully saturated rings. The van der Waals surface area contributed by atoms with Crippen LogP contribution in [0.25, 0.3) is 16.8 Å². The number of aryl methyl sites for hydroxylation is 1. The van der Waals surface area contributed by atoms with Gasteiger partial charge in [0.2, 0.25) is 0 Å². The number of benzene rings is 4. The van der Waals surface area contributed by atoms with Gasteiger partial charge >= 0.3 is 0 Å². The van der Waals surface area contributed by atoms with E-state index in [1.807, 2.05) is 19.2 Å². The summed E-state index contributed by atoms with van der Waals surface area (Å²) in [5.41, 5.74) is 13.3. The molecule has 44 heavy (non-hydrogen) atoms. The second-order valence-electron chi connectivity index (χ2n) is 11.5. The Kier molecular flexibility index (Phi) is 6.34. The molecule has 8 rings (SSSR count). The third-order valence-electron chi connectivity index (χ3n) is 8.89. The lowest BCUT2D eigenvalue weighted by Gasteiger charge is -2.35. The molecule has 0 spiro atoms. The lowest BCUT2D eigenvalue weighted by Crippen LogP contribution is -2.30. The Morgan fingerprint density at radius 2 is 1.43 bits per heavy atom. The summed E-state index contributed by atoms with van der Waals surface area (Å²) in [4.78, 5) is 7.38. The van der Waals surface area contributed by atoms with Crippen LogP contribution in [0, 0.1) is 6.92 Å². The topological polar surface area (TPSA) is 44.8 Å². The maximum atomic E-state index is 5.05. The Hall–Kier alpha value is -5.48. The first-order valence-corrected chi connectivity index (χ1v) is 15.2. The molecule has 1 atom stereocenters. The first-order valence-electron chi connectivity index (χ1n) is 15.2. The molecular formula is C40H32N4. The van der Waals surface area contributed by atoms with Gasteiger partial charge in [0.15, 0.2) is 0 Å². The van der Waals surface area contributed by atoms with Gasteiger partial charge in [-0.25, -0.2) is 0 Å². The Labute approximate surface area is 258 Å².